The number of hydrogen-bond acceptors (Lipinski definition) is 6. The third-order valence-corrected chi connectivity index (χ3v) is 10.9. The molecule has 0 fully saturated rings. The molecule has 0 saturated heterocycles. The lowest BCUT2D eigenvalue weighted by Crippen LogP contribution is -2.30. The minimum Gasteiger partial charge on any atom is -0.462 e. The van der Waals surface area contributed by atoms with E-state index in [9.17, 15) is 14.4 Å². The van der Waals surface area contributed by atoms with E-state index in [-0.39, 0.29) is 37.5 Å². The molecule has 67 heavy (non-hydrogen) atoms. The van der Waals surface area contributed by atoms with E-state index in [0.29, 0.717) is 19.3 Å². The highest BCUT2D eigenvalue weighted by molar-refractivity contribution is 5.71. The van der Waals surface area contributed by atoms with E-state index in [1.54, 1.807) is 0 Å². The summed E-state index contributed by atoms with van der Waals surface area (Å²) in [6.07, 6.45) is 74.7. The van der Waals surface area contributed by atoms with Crippen LogP contribution in [-0.2, 0) is 28.6 Å². The van der Waals surface area contributed by atoms with E-state index in [4.69, 9.17) is 14.2 Å². The van der Waals surface area contributed by atoms with Gasteiger partial charge in [0.25, 0.3) is 0 Å². The zero-order valence-corrected chi connectivity index (χ0v) is 43.1. The average molecular weight is 927 g/mol. The quantitative estimate of drug-likeness (QED) is 0.0262. The van der Waals surface area contributed by atoms with E-state index in [1.165, 1.54) is 51.4 Å². The summed E-state index contributed by atoms with van der Waals surface area (Å²) >= 11 is 0. The second kappa shape index (κ2) is 54.4. The second-order valence-electron chi connectivity index (χ2n) is 17.4. The largest absolute Gasteiger partial charge is 0.462 e. The molecule has 0 bridgehead atoms. The van der Waals surface area contributed by atoms with Gasteiger partial charge in [0.2, 0.25) is 0 Å². The van der Waals surface area contributed by atoms with Gasteiger partial charge in [-0.2, -0.15) is 0 Å². The van der Waals surface area contributed by atoms with Crippen LogP contribution >= 0.6 is 0 Å². The highest BCUT2D eigenvalue weighted by atomic mass is 16.6. The molecular formula is C61H98O6. The molecule has 0 aliphatic heterocycles. The van der Waals surface area contributed by atoms with Gasteiger partial charge >= 0.3 is 17.9 Å². The van der Waals surface area contributed by atoms with Crippen molar-refractivity contribution >= 4 is 17.9 Å². The average Bonchev–Trinajstić information content (AvgIpc) is 3.33. The molecule has 0 amide bonds. The maximum absolute atomic E-state index is 12.8. The van der Waals surface area contributed by atoms with Gasteiger partial charge in [-0.15, -0.1) is 0 Å². The normalized spacial score (nSPS) is 13.1. The van der Waals surface area contributed by atoms with Gasteiger partial charge in [-0.05, 0) is 128 Å². The van der Waals surface area contributed by atoms with Gasteiger partial charge in [-0.25, -0.2) is 0 Å². The van der Waals surface area contributed by atoms with Gasteiger partial charge < -0.3 is 14.2 Å². The minimum absolute atomic E-state index is 0.119. The van der Waals surface area contributed by atoms with Crippen molar-refractivity contribution in [1.82, 2.24) is 0 Å². The first-order valence-electron chi connectivity index (χ1n) is 27.0. The zero-order chi connectivity index (χ0) is 48.6. The number of carbonyl (C=O) groups is 3. The van der Waals surface area contributed by atoms with Crippen LogP contribution in [0.15, 0.2) is 122 Å². The van der Waals surface area contributed by atoms with E-state index in [0.717, 1.165) is 128 Å². The van der Waals surface area contributed by atoms with E-state index in [2.05, 4.69) is 142 Å². The first-order valence-corrected chi connectivity index (χ1v) is 27.0. The Bertz CT molecular complexity index is 1440. The van der Waals surface area contributed by atoms with Crippen molar-refractivity contribution in [3.63, 3.8) is 0 Å². The summed E-state index contributed by atoms with van der Waals surface area (Å²) in [5.74, 6) is -1.02. The molecule has 0 aromatic rings. The van der Waals surface area contributed by atoms with E-state index < -0.39 is 6.10 Å². The summed E-state index contributed by atoms with van der Waals surface area (Å²) < 4.78 is 16.7. The molecule has 0 aromatic carbocycles. The van der Waals surface area contributed by atoms with Crippen LogP contribution in [-0.4, -0.2) is 37.2 Å². The van der Waals surface area contributed by atoms with Crippen LogP contribution in [0.3, 0.4) is 0 Å². The van der Waals surface area contributed by atoms with Crippen LogP contribution in [0.4, 0.5) is 0 Å². The molecule has 0 aliphatic carbocycles. The highest BCUT2D eigenvalue weighted by Crippen LogP contribution is 2.12. The molecule has 0 unspecified atom stereocenters. The Labute approximate surface area is 412 Å². The fraction of sp³-hybridized carbons (Fsp3) is 0.623. The Morgan fingerprint density at radius 3 is 0.955 bits per heavy atom. The van der Waals surface area contributed by atoms with Crippen molar-refractivity contribution in [3.8, 4) is 0 Å². The molecule has 0 aromatic heterocycles. The number of carbonyl (C=O) groups excluding carboxylic acids is 3. The Balaban J connectivity index is 4.57. The molecular weight excluding hydrogens is 829 g/mol. The Hall–Kier alpha value is -4.19. The number of hydrogen-bond donors (Lipinski definition) is 0. The van der Waals surface area contributed by atoms with Gasteiger partial charge in [-0.3, -0.25) is 14.4 Å². The maximum atomic E-state index is 12.8. The van der Waals surface area contributed by atoms with Crippen molar-refractivity contribution in [2.75, 3.05) is 13.2 Å². The van der Waals surface area contributed by atoms with Crippen LogP contribution in [0.2, 0.25) is 0 Å². The number of ether oxygens (including phenoxy) is 3. The zero-order valence-electron chi connectivity index (χ0n) is 43.1. The molecule has 6 heteroatoms. The maximum Gasteiger partial charge on any atom is 0.306 e. The first-order chi connectivity index (χ1) is 33.0. The Kier molecular flexibility index (Phi) is 51.0. The monoisotopic (exact) mass is 927 g/mol. The summed E-state index contributed by atoms with van der Waals surface area (Å²) in [4.78, 5) is 38.1. The third kappa shape index (κ3) is 52.6. The summed E-state index contributed by atoms with van der Waals surface area (Å²) in [6, 6.07) is 0. The second-order valence-corrected chi connectivity index (χ2v) is 17.4. The van der Waals surface area contributed by atoms with Crippen LogP contribution in [0.1, 0.15) is 226 Å². The highest BCUT2D eigenvalue weighted by Gasteiger charge is 2.19. The third-order valence-electron chi connectivity index (χ3n) is 10.9. The lowest BCUT2D eigenvalue weighted by molar-refractivity contribution is -0.167. The number of allylic oxidation sites excluding steroid dienone is 20. The molecule has 0 rings (SSSR count). The standard InChI is InChI=1S/C61H98O6/c1-4-7-10-13-16-19-22-25-28-30-33-36-39-42-45-48-51-54-60(63)66-57-58(56-65-59(62)53-50-47-44-41-38-35-32-27-24-21-18-15-12-9-6-3)67-61(64)55-52-49-46-43-40-37-34-31-29-26-23-20-17-14-11-8-5-2/h8,11,16-21,25-29,32-34,36-37,43,46,58H,4-7,9-10,12-15,22-24,30-31,35,38-42,44-45,47-57H2,1-3H3/b11-8-,19-16-,20-17-,21-18-,28-25-,29-26-,32-27-,36-33-,37-34-,46-43-/t58-/m0/s1. The predicted octanol–water partition coefficient (Wildman–Crippen LogP) is 18.1. The molecule has 0 radical (unpaired) electrons. The summed E-state index contributed by atoms with van der Waals surface area (Å²) in [7, 11) is 0. The Morgan fingerprint density at radius 2 is 0.597 bits per heavy atom. The molecule has 0 spiro atoms. The van der Waals surface area contributed by atoms with Gasteiger partial charge in [0, 0.05) is 19.3 Å². The molecule has 0 N–H and O–H groups in total. The Morgan fingerprint density at radius 1 is 0.313 bits per heavy atom. The van der Waals surface area contributed by atoms with Crippen molar-refractivity contribution in [2.24, 2.45) is 0 Å². The smallest absolute Gasteiger partial charge is 0.306 e. The number of esters is 3. The molecule has 0 aliphatic rings. The van der Waals surface area contributed by atoms with Crippen molar-refractivity contribution in [1.29, 1.82) is 0 Å². The SMILES string of the molecule is CC/C=C\C/C=C\C/C=C\C/C=C\C/C=C\CCCC(=O)O[C@H](COC(=O)CCCCCC/C=C\C/C=C\C/C=C\CCCCC)COC(=O)CCCCCCC/C=C\C/C=C\CCCCC. The summed E-state index contributed by atoms with van der Waals surface area (Å²) in [5.41, 5.74) is 0. The van der Waals surface area contributed by atoms with Crippen LogP contribution < -0.4 is 0 Å². The molecule has 378 valence electrons. The molecule has 1 atom stereocenters. The molecule has 0 saturated carbocycles. The van der Waals surface area contributed by atoms with Crippen molar-refractivity contribution in [2.45, 2.75) is 232 Å². The van der Waals surface area contributed by atoms with Gasteiger partial charge in [-0.1, -0.05) is 200 Å². The fourth-order valence-corrected chi connectivity index (χ4v) is 6.87. The number of rotatable bonds is 47. The number of unbranched alkanes of at least 4 members (excludes halogenated alkanes) is 16. The topological polar surface area (TPSA) is 78.9 Å². The summed E-state index contributed by atoms with van der Waals surface area (Å²) in [5, 5.41) is 0. The van der Waals surface area contributed by atoms with Crippen molar-refractivity contribution < 1.29 is 28.6 Å². The van der Waals surface area contributed by atoms with Crippen molar-refractivity contribution in [3.05, 3.63) is 122 Å². The van der Waals surface area contributed by atoms with Crippen LogP contribution in [0, 0.1) is 0 Å². The van der Waals surface area contributed by atoms with Crippen LogP contribution in [0.5, 0.6) is 0 Å². The lowest BCUT2D eigenvalue weighted by Gasteiger charge is -2.18. The summed E-state index contributed by atoms with van der Waals surface area (Å²) in [6.45, 7) is 6.38. The van der Waals surface area contributed by atoms with E-state index >= 15 is 0 Å². The fourth-order valence-electron chi connectivity index (χ4n) is 6.87. The van der Waals surface area contributed by atoms with E-state index in [1.807, 2.05) is 0 Å². The van der Waals surface area contributed by atoms with Gasteiger partial charge in [0.05, 0.1) is 0 Å². The predicted molar refractivity (Wildman–Crippen MR) is 288 cm³/mol. The molecule has 0 heterocycles. The molecule has 6 nitrogen and oxygen atoms in total. The first kappa shape index (κ1) is 62.8. The van der Waals surface area contributed by atoms with Gasteiger partial charge in [0.15, 0.2) is 6.10 Å². The van der Waals surface area contributed by atoms with Gasteiger partial charge in [0.1, 0.15) is 13.2 Å². The van der Waals surface area contributed by atoms with Crippen LogP contribution in [0.25, 0.3) is 0 Å². The lowest BCUT2D eigenvalue weighted by atomic mass is 10.1. The minimum atomic E-state index is -0.827.